The van der Waals surface area contributed by atoms with Gasteiger partial charge in [0.2, 0.25) is 0 Å². The summed E-state index contributed by atoms with van der Waals surface area (Å²) in [4.78, 5) is 18.0. The second-order valence-corrected chi connectivity index (χ2v) is 14.2. The molecule has 0 saturated carbocycles. The van der Waals surface area contributed by atoms with E-state index < -0.39 is 0 Å². The van der Waals surface area contributed by atoms with Gasteiger partial charge < -0.3 is 9.32 Å². The number of rotatable bonds is 4. The number of benzene rings is 6. The average molecular weight is 673 g/mol. The molecule has 5 nitrogen and oxygen atoms in total. The molecule has 0 saturated heterocycles. The SMILES string of the molecule is C1=CC2C(c3ccccc3N2c2ccccc2)c2c1oc1cccc(-c3nc(-c4ccccc4)nc(-c4ccc5c(c4)sc4ccccc45)n3)c21. The molecule has 0 radical (unpaired) electrons. The van der Waals surface area contributed by atoms with E-state index in [-0.39, 0.29) is 12.0 Å². The van der Waals surface area contributed by atoms with Gasteiger partial charge in [0.05, 0.1) is 6.04 Å². The Kier molecular flexibility index (Phi) is 6.18. The number of anilines is 2. The molecule has 6 aromatic carbocycles. The van der Waals surface area contributed by atoms with Crippen molar-refractivity contribution in [2.24, 2.45) is 0 Å². The number of nitrogens with zero attached hydrogens (tertiary/aromatic N) is 4. The van der Waals surface area contributed by atoms with Gasteiger partial charge in [-0.3, -0.25) is 0 Å². The third kappa shape index (κ3) is 4.36. The van der Waals surface area contributed by atoms with Gasteiger partial charge in [-0.1, -0.05) is 115 Å². The number of furan rings is 1. The van der Waals surface area contributed by atoms with Crippen LogP contribution in [0.15, 0.2) is 156 Å². The number of hydrogen-bond donors (Lipinski definition) is 0. The summed E-state index contributed by atoms with van der Waals surface area (Å²) in [5, 5.41) is 3.57. The molecule has 0 spiro atoms. The first-order chi connectivity index (χ1) is 25.3. The van der Waals surface area contributed by atoms with Crippen molar-refractivity contribution in [2.45, 2.75) is 12.0 Å². The fourth-order valence-corrected chi connectivity index (χ4v) is 9.23. The summed E-state index contributed by atoms with van der Waals surface area (Å²) in [5.74, 6) is 2.86. The smallest absolute Gasteiger partial charge is 0.164 e. The van der Waals surface area contributed by atoms with E-state index >= 15 is 0 Å². The van der Waals surface area contributed by atoms with Crippen molar-refractivity contribution < 1.29 is 4.42 Å². The molecule has 1 aliphatic carbocycles. The van der Waals surface area contributed by atoms with Crippen LogP contribution in [-0.2, 0) is 0 Å². The summed E-state index contributed by atoms with van der Waals surface area (Å²) < 4.78 is 9.13. The van der Waals surface area contributed by atoms with Crippen LogP contribution in [0.25, 0.3) is 71.4 Å². The van der Waals surface area contributed by atoms with Crippen LogP contribution in [0.5, 0.6) is 0 Å². The number of fused-ring (bicyclic) bond motifs is 10. The number of para-hydroxylation sites is 2. The fraction of sp³-hybridized carbons (Fsp3) is 0.0444. The van der Waals surface area contributed by atoms with Crippen LogP contribution >= 0.6 is 11.3 Å². The second kappa shape index (κ2) is 11.1. The molecule has 51 heavy (non-hydrogen) atoms. The molecule has 4 heterocycles. The highest BCUT2D eigenvalue weighted by Gasteiger charge is 2.43. The van der Waals surface area contributed by atoms with E-state index in [2.05, 4.69) is 138 Å². The lowest BCUT2D eigenvalue weighted by Gasteiger charge is -2.30. The van der Waals surface area contributed by atoms with Gasteiger partial charge >= 0.3 is 0 Å². The zero-order valence-corrected chi connectivity index (χ0v) is 28.1. The maximum absolute atomic E-state index is 6.65. The molecule has 2 atom stereocenters. The van der Waals surface area contributed by atoms with E-state index in [1.165, 1.54) is 42.7 Å². The van der Waals surface area contributed by atoms with E-state index in [9.17, 15) is 0 Å². The summed E-state index contributed by atoms with van der Waals surface area (Å²) in [6.07, 6.45) is 4.44. The minimum atomic E-state index is 0.0640. The standard InChI is InChI=1S/C45H28N4OS/c1-3-12-27(13-4-1)43-46-44(28-22-23-31-30-16-8-10-21-38(30)51-39(31)26-28)48-45(47-43)33-18-11-20-36-41(33)42-37(50-36)25-24-35-40(42)32-17-7-9-19-34(32)49(35)29-14-5-2-6-15-29/h1-26,35,40H. The number of thiophene rings is 1. The summed E-state index contributed by atoms with van der Waals surface area (Å²) >= 11 is 1.80. The van der Waals surface area contributed by atoms with Crippen molar-refractivity contribution >= 4 is 59.9 Å². The Labute approximate surface area is 297 Å². The zero-order chi connectivity index (χ0) is 33.5. The summed E-state index contributed by atoms with van der Waals surface area (Å²) in [5.41, 5.74) is 8.51. The normalized spacial score (nSPS) is 16.1. The molecule has 0 N–H and O–H groups in total. The van der Waals surface area contributed by atoms with Crippen molar-refractivity contribution in [1.29, 1.82) is 0 Å². The van der Waals surface area contributed by atoms with E-state index in [4.69, 9.17) is 19.4 Å². The first-order valence-electron chi connectivity index (χ1n) is 17.2. The Morgan fingerprint density at radius 3 is 2.20 bits per heavy atom. The maximum atomic E-state index is 6.65. The Bertz CT molecular complexity index is 2840. The lowest BCUT2D eigenvalue weighted by atomic mass is 9.82. The molecule has 6 heteroatoms. The third-order valence-corrected chi connectivity index (χ3v) is 11.4. The molecule has 0 fully saturated rings. The molecule has 2 unspecified atom stereocenters. The molecule has 11 rings (SSSR count). The molecule has 9 aromatic rings. The monoisotopic (exact) mass is 672 g/mol. The van der Waals surface area contributed by atoms with Gasteiger partial charge in [0.1, 0.15) is 11.3 Å². The fourth-order valence-electron chi connectivity index (χ4n) is 8.09. The second-order valence-electron chi connectivity index (χ2n) is 13.1. The minimum absolute atomic E-state index is 0.0640. The van der Waals surface area contributed by atoms with Gasteiger partial charge in [-0.15, -0.1) is 11.3 Å². The molecule has 0 amide bonds. The molecule has 240 valence electrons. The van der Waals surface area contributed by atoms with Crippen LogP contribution in [0, 0.1) is 0 Å². The predicted octanol–water partition coefficient (Wildman–Crippen LogP) is 11.7. The van der Waals surface area contributed by atoms with Crippen molar-refractivity contribution in [3.05, 3.63) is 169 Å². The van der Waals surface area contributed by atoms with Gasteiger partial charge in [0.25, 0.3) is 0 Å². The van der Waals surface area contributed by atoms with E-state index in [0.29, 0.717) is 17.5 Å². The van der Waals surface area contributed by atoms with Crippen LogP contribution in [-0.4, -0.2) is 21.0 Å². The van der Waals surface area contributed by atoms with Crippen LogP contribution in [0.1, 0.15) is 22.8 Å². The van der Waals surface area contributed by atoms with Gasteiger partial charge in [-0.2, -0.15) is 0 Å². The topological polar surface area (TPSA) is 55.1 Å². The first-order valence-corrected chi connectivity index (χ1v) is 18.0. The number of aromatic nitrogens is 3. The molecule has 0 bridgehead atoms. The molecular formula is C45H28N4OS. The van der Waals surface area contributed by atoms with Gasteiger partial charge in [0.15, 0.2) is 17.5 Å². The van der Waals surface area contributed by atoms with E-state index in [1.54, 1.807) is 11.3 Å². The molecule has 3 aromatic heterocycles. The Balaban J connectivity index is 1.13. The number of hydrogen-bond acceptors (Lipinski definition) is 6. The van der Waals surface area contributed by atoms with Gasteiger partial charge in [0, 0.05) is 65.1 Å². The summed E-state index contributed by atoms with van der Waals surface area (Å²) in [6, 6.07) is 51.1. The van der Waals surface area contributed by atoms with E-state index in [0.717, 1.165) is 33.4 Å². The molecular weight excluding hydrogens is 645 g/mol. The largest absolute Gasteiger partial charge is 0.456 e. The highest BCUT2D eigenvalue weighted by molar-refractivity contribution is 7.25. The van der Waals surface area contributed by atoms with Gasteiger partial charge in [-0.05, 0) is 48.0 Å². The average Bonchev–Trinajstić information content (AvgIpc) is 3.87. The zero-order valence-electron chi connectivity index (χ0n) is 27.3. The Morgan fingerprint density at radius 2 is 1.31 bits per heavy atom. The maximum Gasteiger partial charge on any atom is 0.164 e. The highest BCUT2D eigenvalue weighted by Crippen LogP contribution is 2.54. The third-order valence-electron chi connectivity index (χ3n) is 10.3. The first kappa shape index (κ1) is 28.5. The summed E-state index contributed by atoms with van der Waals surface area (Å²) in [6.45, 7) is 0. The summed E-state index contributed by atoms with van der Waals surface area (Å²) in [7, 11) is 0. The molecule has 1 aliphatic heterocycles. The highest BCUT2D eigenvalue weighted by atomic mass is 32.1. The van der Waals surface area contributed by atoms with Crippen LogP contribution < -0.4 is 4.90 Å². The van der Waals surface area contributed by atoms with Crippen molar-refractivity contribution in [3.63, 3.8) is 0 Å². The Morgan fingerprint density at radius 1 is 0.588 bits per heavy atom. The predicted molar refractivity (Wildman–Crippen MR) is 208 cm³/mol. The van der Waals surface area contributed by atoms with E-state index in [1.807, 2.05) is 24.3 Å². The van der Waals surface area contributed by atoms with Crippen LogP contribution in [0.2, 0.25) is 0 Å². The Hall–Kier alpha value is -6.37. The molecule has 2 aliphatic rings. The lowest BCUT2D eigenvalue weighted by Crippen LogP contribution is -2.30. The van der Waals surface area contributed by atoms with Gasteiger partial charge in [-0.25, -0.2) is 15.0 Å². The van der Waals surface area contributed by atoms with Crippen LogP contribution in [0.4, 0.5) is 11.4 Å². The van der Waals surface area contributed by atoms with Crippen molar-refractivity contribution in [2.75, 3.05) is 4.90 Å². The quantitative estimate of drug-likeness (QED) is 0.186. The lowest BCUT2D eigenvalue weighted by molar-refractivity contribution is 0.584. The van der Waals surface area contributed by atoms with Crippen molar-refractivity contribution in [1.82, 2.24) is 15.0 Å². The van der Waals surface area contributed by atoms with Crippen molar-refractivity contribution in [3.8, 4) is 34.2 Å². The van der Waals surface area contributed by atoms with Crippen LogP contribution in [0.3, 0.4) is 0 Å². The minimum Gasteiger partial charge on any atom is -0.456 e.